The zero-order valence-corrected chi connectivity index (χ0v) is 17.0. The number of furan rings is 1. The maximum atomic E-state index is 12.6. The Labute approximate surface area is 169 Å². The van der Waals surface area contributed by atoms with Crippen LogP contribution in [0.15, 0.2) is 21.6 Å². The van der Waals surface area contributed by atoms with E-state index in [2.05, 4.69) is 23.0 Å². The number of benzene rings is 1. The number of urea groups is 1. The van der Waals surface area contributed by atoms with Crippen molar-refractivity contribution >= 4 is 23.7 Å². The molecule has 148 valence electrons. The molecule has 28 heavy (non-hydrogen) atoms. The summed E-state index contributed by atoms with van der Waals surface area (Å²) in [7, 11) is 0. The molecule has 2 atom stereocenters. The Hall–Kier alpha value is -1.92. The monoisotopic (exact) mass is 398 g/mol. The molecule has 3 N–H and O–H groups in total. The Bertz CT molecular complexity index is 904. The van der Waals surface area contributed by atoms with Gasteiger partial charge in [0.1, 0.15) is 5.76 Å². The fourth-order valence-corrected chi connectivity index (χ4v) is 5.59. The maximum Gasteiger partial charge on any atom is 0.329 e. The molecule has 0 saturated carbocycles. The predicted octanol–water partition coefficient (Wildman–Crippen LogP) is 4.70. The van der Waals surface area contributed by atoms with E-state index >= 15 is 0 Å². The lowest BCUT2D eigenvalue weighted by Gasteiger charge is -2.21. The van der Waals surface area contributed by atoms with Crippen LogP contribution in [0.2, 0.25) is 0 Å². The minimum Gasteiger partial charge on any atom is -0.453 e. The van der Waals surface area contributed by atoms with Gasteiger partial charge in [-0.3, -0.25) is 4.72 Å². The molecule has 0 bridgehead atoms. The van der Waals surface area contributed by atoms with Gasteiger partial charge < -0.3 is 14.8 Å². The topological polar surface area (TPSA) is 74.5 Å². The summed E-state index contributed by atoms with van der Waals surface area (Å²) in [5.74, 6) is 1.25. The summed E-state index contributed by atoms with van der Waals surface area (Å²) >= 11 is 1.17. The van der Waals surface area contributed by atoms with Gasteiger partial charge in [0, 0.05) is 29.6 Å². The normalized spacial score (nSPS) is 22.5. The van der Waals surface area contributed by atoms with Crippen LogP contribution >= 0.6 is 11.9 Å². The van der Waals surface area contributed by atoms with Crippen LogP contribution in [-0.4, -0.2) is 11.1 Å². The van der Waals surface area contributed by atoms with Crippen molar-refractivity contribution in [3.8, 4) is 0 Å². The van der Waals surface area contributed by atoms with E-state index in [1.165, 1.54) is 47.0 Å². The first-order chi connectivity index (χ1) is 13.6. The van der Waals surface area contributed by atoms with Gasteiger partial charge in [0.25, 0.3) is 0 Å². The average molecular weight is 399 g/mol. The Morgan fingerprint density at radius 3 is 2.57 bits per heavy atom. The first-order valence-electron chi connectivity index (χ1n) is 10.3. The highest BCUT2D eigenvalue weighted by atomic mass is 32.2. The Balaban J connectivity index is 1.29. The van der Waals surface area contributed by atoms with Crippen LogP contribution in [0, 0.1) is 5.92 Å². The summed E-state index contributed by atoms with van der Waals surface area (Å²) in [6.07, 6.45) is 7.79. The zero-order valence-electron chi connectivity index (χ0n) is 16.1. The second kappa shape index (κ2) is 7.16. The molecule has 2 aromatic rings. The van der Waals surface area contributed by atoms with E-state index in [1.54, 1.807) is 0 Å². The van der Waals surface area contributed by atoms with E-state index in [-0.39, 0.29) is 6.03 Å². The largest absolute Gasteiger partial charge is 0.453 e. The van der Waals surface area contributed by atoms with Crippen molar-refractivity contribution in [3.63, 3.8) is 0 Å². The number of hydrogen-bond acceptors (Lipinski definition) is 4. The number of aliphatic hydroxyl groups excluding tert-OH is 1. The Kier molecular flexibility index (Phi) is 4.63. The molecular weight excluding hydrogens is 372 g/mol. The van der Waals surface area contributed by atoms with E-state index in [0.29, 0.717) is 11.0 Å². The van der Waals surface area contributed by atoms with Gasteiger partial charge in [-0.15, -0.1) is 0 Å². The van der Waals surface area contributed by atoms with Gasteiger partial charge >= 0.3 is 6.03 Å². The summed E-state index contributed by atoms with van der Waals surface area (Å²) in [4.78, 5) is 12.6. The number of rotatable bonds is 3. The molecule has 2 amide bonds. The summed E-state index contributed by atoms with van der Waals surface area (Å²) in [6.45, 7) is 2.12. The van der Waals surface area contributed by atoms with Crippen LogP contribution < -0.4 is 10.0 Å². The number of aliphatic hydroxyl groups is 1. The number of hydrogen-bond donors (Lipinski definition) is 3. The summed E-state index contributed by atoms with van der Waals surface area (Å²) in [5, 5.41) is 14.0. The van der Waals surface area contributed by atoms with Crippen molar-refractivity contribution in [2.45, 2.75) is 69.5 Å². The van der Waals surface area contributed by atoms with E-state index in [4.69, 9.17) is 4.42 Å². The molecule has 5 rings (SSSR count). The number of carbonyl (C=O) groups excluding carboxylic acids is 1. The third-order valence-corrected chi connectivity index (χ3v) is 6.98. The molecule has 0 spiro atoms. The van der Waals surface area contributed by atoms with Gasteiger partial charge in [0.2, 0.25) is 0 Å². The van der Waals surface area contributed by atoms with E-state index in [0.717, 1.165) is 55.5 Å². The van der Waals surface area contributed by atoms with Gasteiger partial charge in [-0.05, 0) is 79.2 Å². The minimum absolute atomic E-state index is 0.220. The first kappa shape index (κ1) is 18.1. The SMILES string of the molecule is CC1Cc2oc(SNC(=O)Nc3c4c(cc5c3CCC5)CCC4)cc2C(O)C1. The summed E-state index contributed by atoms with van der Waals surface area (Å²) < 4.78 is 8.71. The quantitative estimate of drug-likeness (QED) is 0.655. The lowest BCUT2D eigenvalue weighted by molar-refractivity contribution is 0.131. The van der Waals surface area contributed by atoms with E-state index < -0.39 is 6.10 Å². The number of amides is 2. The number of anilines is 1. The lowest BCUT2D eigenvalue weighted by atomic mass is 9.88. The molecule has 0 aliphatic heterocycles. The van der Waals surface area contributed by atoms with Crippen LogP contribution in [0.4, 0.5) is 10.5 Å². The maximum absolute atomic E-state index is 12.6. The highest BCUT2D eigenvalue weighted by Crippen LogP contribution is 2.39. The molecule has 2 unspecified atom stereocenters. The number of carbonyl (C=O) groups is 1. The zero-order chi connectivity index (χ0) is 19.3. The standard InChI is InChI=1S/C22H26N2O3S/c1-12-8-18(25)17-11-20(27-19(17)9-12)28-24-22(26)23-21-15-6-2-4-13(15)10-14-5-3-7-16(14)21/h10-12,18,25H,2-9H2,1H3,(H2,23,24,26). The molecule has 1 aromatic carbocycles. The summed E-state index contributed by atoms with van der Waals surface area (Å²) in [5.41, 5.74) is 7.37. The van der Waals surface area contributed by atoms with Crippen LogP contribution in [0.1, 0.15) is 65.9 Å². The van der Waals surface area contributed by atoms with Crippen LogP contribution in [0.3, 0.4) is 0 Å². The fourth-order valence-electron chi connectivity index (χ4n) is 5.02. The van der Waals surface area contributed by atoms with Crippen molar-refractivity contribution in [2.75, 3.05) is 5.32 Å². The van der Waals surface area contributed by atoms with Crippen molar-refractivity contribution < 1.29 is 14.3 Å². The molecule has 3 aliphatic rings. The van der Waals surface area contributed by atoms with Crippen molar-refractivity contribution in [1.29, 1.82) is 0 Å². The molecule has 6 heteroatoms. The number of nitrogens with one attached hydrogen (secondary N) is 2. The molecular formula is C22H26N2O3S. The number of fused-ring (bicyclic) bond motifs is 3. The van der Waals surface area contributed by atoms with Crippen molar-refractivity contribution in [1.82, 2.24) is 4.72 Å². The average Bonchev–Trinajstić information content (AvgIpc) is 3.38. The molecule has 5 nitrogen and oxygen atoms in total. The summed E-state index contributed by atoms with van der Waals surface area (Å²) in [6, 6.07) is 4.00. The fraction of sp³-hybridized carbons (Fsp3) is 0.500. The second-order valence-electron chi connectivity index (χ2n) is 8.40. The van der Waals surface area contributed by atoms with E-state index in [1.807, 2.05) is 6.07 Å². The second-order valence-corrected chi connectivity index (χ2v) is 9.21. The molecule has 3 aliphatic carbocycles. The Morgan fingerprint density at radius 1 is 1.14 bits per heavy atom. The highest BCUT2D eigenvalue weighted by molar-refractivity contribution is 7.97. The molecule has 1 heterocycles. The third kappa shape index (κ3) is 3.22. The van der Waals surface area contributed by atoms with Gasteiger partial charge in [-0.25, -0.2) is 4.79 Å². The smallest absolute Gasteiger partial charge is 0.329 e. The van der Waals surface area contributed by atoms with Gasteiger partial charge in [-0.1, -0.05) is 13.0 Å². The molecule has 1 aromatic heterocycles. The first-order valence-corrected chi connectivity index (χ1v) is 11.1. The van der Waals surface area contributed by atoms with Crippen molar-refractivity contribution in [2.24, 2.45) is 5.92 Å². The molecule has 0 radical (unpaired) electrons. The van der Waals surface area contributed by atoms with Crippen molar-refractivity contribution in [3.05, 3.63) is 45.7 Å². The van der Waals surface area contributed by atoms with Crippen LogP contribution in [-0.2, 0) is 32.1 Å². The van der Waals surface area contributed by atoms with Gasteiger partial charge in [-0.2, -0.15) is 0 Å². The number of aryl methyl sites for hydroxylation is 2. The molecule has 0 saturated heterocycles. The van der Waals surface area contributed by atoms with Gasteiger partial charge in [0.05, 0.1) is 6.10 Å². The van der Waals surface area contributed by atoms with Crippen LogP contribution in [0.5, 0.6) is 0 Å². The third-order valence-electron chi connectivity index (χ3n) is 6.29. The van der Waals surface area contributed by atoms with E-state index in [9.17, 15) is 9.90 Å². The predicted molar refractivity (Wildman–Crippen MR) is 110 cm³/mol. The highest BCUT2D eigenvalue weighted by Gasteiger charge is 2.28. The molecule has 0 fully saturated rings. The lowest BCUT2D eigenvalue weighted by Crippen LogP contribution is -2.24. The minimum atomic E-state index is -0.472. The Morgan fingerprint density at radius 2 is 1.86 bits per heavy atom. The van der Waals surface area contributed by atoms with Gasteiger partial charge in [0.15, 0.2) is 5.09 Å². The van der Waals surface area contributed by atoms with Crippen LogP contribution in [0.25, 0.3) is 0 Å².